The van der Waals surface area contributed by atoms with Gasteiger partial charge in [-0.1, -0.05) is 42.5 Å². The third-order valence-electron chi connectivity index (χ3n) is 4.27. The molecule has 0 spiro atoms. The van der Waals surface area contributed by atoms with Crippen molar-refractivity contribution in [3.63, 3.8) is 0 Å². The molecule has 4 rings (SSSR count). The molecular weight excluding hydrogens is 362 g/mol. The maximum Gasteiger partial charge on any atom is 0.241 e. The highest BCUT2D eigenvalue weighted by Crippen LogP contribution is 2.23. The zero-order valence-corrected chi connectivity index (χ0v) is 15.6. The average Bonchev–Trinajstić information content (AvgIpc) is 3.15. The van der Waals surface area contributed by atoms with Gasteiger partial charge in [0.2, 0.25) is 10.0 Å². The van der Waals surface area contributed by atoms with E-state index in [0.29, 0.717) is 11.3 Å². The second-order valence-corrected chi connectivity index (χ2v) is 8.01. The normalized spacial score (nSPS) is 13.1. The van der Waals surface area contributed by atoms with E-state index in [2.05, 4.69) is 9.71 Å². The Hall–Kier alpha value is -2.90. The minimum atomic E-state index is -3.67. The Morgan fingerprint density at radius 3 is 2.74 bits per heavy atom. The summed E-state index contributed by atoms with van der Waals surface area (Å²) in [7, 11) is -3.67. The van der Waals surface area contributed by atoms with E-state index in [1.54, 1.807) is 31.5 Å². The van der Waals surface area contributed by atoms with Crippen molar-refractivity contribution in [2.45, 2.75) is 17.9 Å². The van der Waals surface area contributed by atoms with Crippen molar-refractivity contribution in [2.75, 3.05) is 6.61 Å². The SMILES string of the molecule is CC(COc1cccc2nccn12)NS(=O)(=O)c1cccc2ccccc12. The molecule has 0 radical (unpaired) electrons. The molecule has 1 atom stereocenters. The molecule has 2 heterocycles. The Morgan fingerprint density at radius 2 is 1.85 bits per heavy atom. The smallest absolute Gasteiger partial charge is 0.241 e. The topological polar surface area (TPSA) is 72.7 Å². The van der Waals surface area contributed by atoms with Crippen molar-refractivity contribution >= 4 is 26.4 Å². The number of sulfonamides is 1. The van der Waals surface area contributed by atoms with Gasteiger partial charge in [-0.3, -0.25) is 4.40 Å². The molecule has 0 aliphatic rings. The zero-order valence-electron chi connectivity index (χ0n) is 14.7. The fourth-order valence-electron chi connectivity index (χ4n) is 3.04. The minimum Gasteiger partial charge on any atom is -0.477 e. The number of imidazole rings is 1. The van der Waals surface area contributed by atoms with Crippen LogP contribution in [0.1, 0.15) is 6.92 Å². The summed E-state index contributed by atoms with van der Waals surface area (Å²) in [5, 5.41) is 1.58. The number of ether oxygens (including phenoxy) is 1. The van der Waals surface area contributed by atoms with Gasteiger partial charge in [0, 0.05) is 17.8 Å². The van der Waals surface area contributed by atoms with Crippen molar-refractivity contribution in [1.82, 2.24) is 14.1 Å². The summed E-state index contributed by atoms with van der Waals surface area (Å²) in [6, 6.07) is 17.8. The lowest BCUT2D eigenvalue weighted by atomic mass is 10.1. The number of hydrogen-bond donors (Lipinski definition) is 1. The Kier molecular flexibility index (Phi) is 4.55. The second kappa shape index (κ2) is 7.02. The van der Waals surface area contributed by atoms with Gasteiger partial charge in [0.1, 0.15) is 12.3 Å². The van der Waals surface area contributed by atoms with E-state index in [-0.39, 0.29) is 11.5 Å². The van der Waals surface area contributed by atoms with Crippen LogP contribution in [0.2, 0.25) is 0 Å². The van der Waals surface area contributed by atoms with E-state index in [0.717, 1.165) is 11.0 Å². The van der Waals surface area contributed by atoms with Gasteiger partial charge in [0.05, 0.1) is 10.9 Å². The van der Waals surface area contributed by atoms with Crippen LogP contribution in [0.15, 0.2) is 78.0 Å². The van der Waals surface area contributed by atoms with E-state index in [1.165, 1.54) is 0 Å². The number of nitrogens with zero attached hydrogens (tertiary/aromatic N) is 2. The summed E-state index contributed by atoms with van der Waals surface area (Å²) < 4.78 is 36.0. The first-order valence-electron chi connectivity index (χ1n) is 8.59. The maximum absolute atomic E-state index is 12.9. The Bertz CT molecular complexity index is 1200. The van der Waals surface area contributed by atoms with Crippen molar-refractivity contribution in [1.29, 1.82) is 0 Å². The van der Waals surface area contributed by atoms with E-state index in [9.17, 15) is 8.42 Å². The molecule has 0 amide bonds. The number of hydrogen-bond acceptors (Lipinski definition) is 4. The predicted octanol–water partition coefficient (Wildman–Crippen LogP) is 3.23. The summed E-state index contributed by atoms with van der Waals surface area (Å²) in [6.07, 6.45) is 3.49. The lowest BCUT2D eigenvalue weighted by Gasteiger charge is -2.16. The average molecular weight is 381 g/mol. The van der Waals surface area contributed by atoms with Crippen molar-refractivity contribution in [3.05, 3.63) is 73.1 Å². The molecule has 0 fully saturated rings. The molecule has 0 aliphatic heterocycles. The Balaban J connectivity index is 1.51. The second-order valence-electron chi connectivity index (χ2n) is 6.33. The maximum atomic E-state index is 12.9. The van der Waals surface area contributed by atoms with Crippen LogP contribution in [-0.2, 0) is 10.0 Å². The van der Waals surface area contributed by atoms with Gasteiger partial charge < -0.3 is 4.74 Å². The first-order chi connectivity index (χ1) is 13.0. The fourth-order valence-corrected chi connectivity index (χ4v) is 4.50. The first-order valence-corrected chi connectivity index (χ1v) is 10.1. The molecule has 0 aliphatic carbocycles. The van der Waals surface area contributed by atoms with Crippen LogP contribution in [-0.4, -0.2) is 30.5 Å². The molecule has 2 aromatic carbocycles. The molecular formula is C20H19N3O3S. The molecule has 138 valence electrons. The highest BCUT2D eigenvalue weighted by atomic mass is 32.2. The quantitative estimate of drug-likeness (QED) is 0.557. The van der Waals surface area contributed by atoms with Gasteiger partial charge >= 0.3 is 0 Å². The molecule has 27 heavy (non-hydrogen) atoms. The third kappa shape index (κ3) is 3.51. The fraction of sp³-hybridized carbons (Fsp3) is 0.150. The van der Waals surface area contributed by atoms with Gasteiger partial charge in [0.15, 0.2) is 5.88 Å². The van der Waals surface area contributed by atoms with Crippen LogP contribution in [0.25, 0.3) is 16.4 Å². The minimum absolute atomic E-state index is 0.196. The molecule has 2 aromatic heterocycles. The standard InChI is InChI=1S/C20H19N3O3S/c1-15(14-26-20-11-5-10-19-21-12-13-23(19)20)22-27(24,25)18-9-4-7-16-6-2-3-8-17(16)18/h2-13,15,22H,14H2,1H3. The van der Waals surface area contributed by atoms with Crippen molar-refractivity contribution in [2.24, 2.45) is 0 Å². The van der Waals surface area contributed by atoms with Gasteiger partial charge in [0.25, 0.3) is 0 Å². The Labute approximate surface area is 157 Å². The molecule has 0 saturated heterocycles. The first kappa shape index (κ1) is 17.5. The molecule has 7 heteroatoms. The number of nitrogens with one attached hydrogen (secondary N) is 1. The van der Waals surface area contributed by atoms with Crippen LogP contribution in [0.4, 0.5) is 0 Å². The number of rotatable bonds is 6. The zero-order chi connectivity index (χ0) is 18.9. The predicted molar refractivity (Wildman–Crippen MR) is 104 cm³/mol. The molecule has 0 saturated carbocycles. The van der Waals surface area contributed by atoms with Crippen LogP contribution >= 0.6 is 0 Å². The van der Waals surface area contributed by atoms with Crippen LogP contribution in [0.3, 0.4) is 0 Å². The van der Waals surface area contributed by atoms with Gasteiger partial charge in [-0.05, 0) is 30.5 Å². The van der Waals surface area contributed by atoms with E-state index in [1.807, 2.05) is 52.9 Å². The van der Waals surface area contributed by atoms with Crippen LogP contribution < -0.4 is 9.46 Å². The third-order valence-corrected chi connectivity index (χ3v) is 5.92. The number of aromatic nitrogens is 2. The van der Waals surface area contributed by atoms with E-state index in [4.69, 9.17) is 4.74 Å². The Morgan fingerprint density at radius 1 is 1.07 bits per heavy atom. The summed E-state index contributed by atoms with van der Waals surface area (Å²) >= 11 is 0. The number of fused-ring (bicyclic) bond motifs is 2. The summed E-state index contributed by atoms with van der Waals surface area (Å²) in [6.45, 7) is 1.97. The lowest BCUT2D eigenvalue weighted by Crippen LogP contribution is -2.37. The van der Waals surface area contributed by atoms with Gasteiger partial charge in [-0.15, -0.1) is 0 Å². The van der Waals surface area contributed by atoms with Crippen molar-refractivity contribution < 1.29 is 13.2 Å². The highest BCUT2D eigenvalue weighted by molar-refractivity contribution is 7.89. The highest BCUT2D eigenvalue weighted by Gasteiger charge is 2.20. The summed E-state index contributed by atoms with van der Waals surface area (Å²) in [5.41, 5.74) is 0.775. The van der Waals surface area contributed by atoms with E-state index >= 15 is 0 Å². The number of benzene rings is 2. The molecule has 1 unspecified atom stereocenters. The van der Waals surface area contributed by atoms with E-state index < -0.39 is 16.1 Å². The largest absolute Gasteiger partial charge is 0.477 e. The van der Waals surface area contributed by atoms with Crippen molar-refractivity contribution in [3.8, 4) is 5.88 Å². The summed E-state index contributed by atoms with van der Waals surface area (Å²) in [4.78, 5) is 4.47. The molecule has 4 aromatic rings. The molecule has 1 N–H and O–H groups in total. The molecule has 0 bridgehead atoms. The molecule has 6 nitrogen and oxygen atoms in total. The van der Waals surface area contributed by atoms with Crippen LogP contribution in [0.5, 0.6) is 5.88 Å². The monoisotopic (exact) mass is 381 g/mol. The summed E-state index contributed by atoms with van der Waals surface area (Å²) in [5.74, 6) is 0.612. The van der Waals surface area contributed by atoms with Gasteiger partial charge in [-0.25, -0.2) is 18.1 Å². The van der Waals surface area contributed by atoms with Gasteiger partial charge in [-0.2, -0.15) is 0 Å². The van der Waals surface area contributed by atoms with Crippen LogP contribution in [0, 0.1) is 0 Å². The number of pyridine rings is 1. The lowest BCUT2D eigenvalue weighted by molar-refractivity contribution is 0.274.